The van der Waals surface area contributed by atoms with Gasteiger partial charge in [-0.1, -0.05) is 17.7 Å². The molecule has 0 heterocycles. The molecule has 0 fully saturated rings. The van der Waals surface area contributed by atoms with Crippen molar-refractivity contribution in [1.29, 1.82) is 0 Å². The van der Waals surface area contributed by atoms with Gasteiger partial charge in [0.2, 0.25) is 0 Å². The largest absolute Gasteiger partial charge is 0.294 e. The molecule has 0 N–H and O–H groups in total. The fourth-order valence-corrected chi connectivity index (χ4v) is 1.99. The zero-order valence-electron chi connectivity index (χ0n) is 10.1. The number of benzene rings is 1. The first-order valence-electron chi connectivity index (χ1n) is 5.28. The standard InChI is InChI=1S/C13H16O3S/c1-10(2)4-9-13(14)11-5-7-12(8-6-11)17(3,15)16/h5-8H,1,4,9H2,2-3H3. The Morgan fingerprint density at radius 2 is 1.71 bits per heavy atom. The van der Waals surface area contributed by atoms with Crippen molar-refractivity contribution in [1.82, 2.24) is 0 Å². The second kappa shape index (κ2) is 5.27. The predicted molar refractivity (Wildman–Crippen MR) is 67.9 cm³/mol. The summed E-state index contributed by atoms with van der Waals surface area (Å²) in [5.74, 6) is 0.00745. The molecule has 0 aromatic heterocycles. The van der Waals surface area contributed by atoms with E-state index < -0.39 is 9.84 Å². The minimum atomic E-state index is -3.20. The van der Waals surface area contributed by atoms with Crippen LogP contribution in [0.5, 0.6) is 0 Å². The van der Waals surface area contributed by atoms with Crippen molar-refractivity contribution in [3.8, 4) is 0 Å². The maximum atomic E-state index is 11.7. The molecule has 17 heavy (non-hydrogen) atoms. The lowest BCUT2D eigenvalue weighted by Crippen LogP contribution is -2.01. The average Bonchev–Trinajstić information content (AvgIpc) is 2.25. The number of rotatable bonds is 5. The summed E-state index contributed by atoms with van der Waals surface area (Å²) in [7, 11) is -3.20. The number of Topliss-reactive ketones (excluding diaryl/α,β-unsaturated/α-hetero) is 1. The molecular formula is C13H16O3S. The maximum absolute atomic E-state index is 11.7. The Morgan fingerprint density at radius 3 is 2.12 bits per heavy atom. The predicted octanol–water partition coefficient (Wildman–Crippen LogP) is 2.63. The van der Waals surface area contributed by atoms with E-state index in [0.29, 0.717) is 18.4 Å². The van der Waals surface area contributed by atoms with Gasteiger partial charge in [0.05, 0.1) is 4.90 Å². The molecule has 0 saturated carbocycles. The molecular weight excluding hydrogens is 236 g/mol. The van der Waals surface area contributed by atoms with E-state index in [1.54, 1.807) is 12.1 Å². The number of sulfone groups is 1. The zero-order valence-corrected chi connectivity index (χ0v) is 10.9. The van der Waals surface area contributed by atoms with Crippen LogP contribution >= 0.6 is 0 Å². The van der Waals surface area contributed by atoms with E-state index in [0.717, 1.165) is 11.8 Å². The molecule has 0 spiro atoms. The monoisotopic (exact) mass is 252 g/mol. The molecule has 0 aliphatic carbocycles. The molecule has 0 saturated heterocycles. The minimum absolute atomic E-state index is 0.00745. The highest BCUT2D eigenvalue weighted by Gasteiger charge is 2.09. The highest BCUT2D eigenvalue weighted by atomic mass is 32.2. The average molecular weight is 252 g/mol. The van der Waals surface area contributed by atoms with E-state index in [1.165, 1.54) is 12.1 Å². The summed E-state index contributed by atoms with van der Waals surface area (Å²) >= 11 is 0. The Bertz CT molecular complexity index is 524. The quantitative estimate of drug-likeness (QED) is 0.598. The first kappa shape index (κ1) is 13.6. The van der Waals surface area contributed by atoms with Crippen molar-refractivity contribution in [2.45, 2.75) is 24.7 Å². The van der Waals surface area contributed by atoms with Gasteiger partial charge in [-0.15, -0.1) is 6.58 Å². The van der Waals surface area contributed by atoms with E-state index in [9.17, 15) is 13.2 Å². The Balaban J connectivity index is 2.81. The summed E-state index contributed by atoms with van der Waals surface area (Å²) in [5.41, 5.74) is 1.50. The molecule has 0 aliphatic rings. The maximum Gasteiger partial charge on any atom is 0.175 e. The summed E-state index contributed by atoms with van der Waals surface area (Å²) in [6.45, 7) is 5.61. The van der Waals surface area contributed by atoms with Gasteiger partial charge in [-0.3, -0.25) is 4.79 Å². The van der Waals surface area contributed by atoms with E-state index in [1.807, 2.05) is 6.92 Å². The van der Waals surface area contributed by atoms with Gasteiger partial charge in [0.1, 0.15) is 0 Å². The number of hydrogen-bond donors (Lipinski definition) is 0. The van der Waals surface area contributed by atoms with Crippen molar-refractivity contribution < 1.29 is 13.2 Å². The van der Waals surface area contributed by atoms with Crippen molar-refractivity contribution in [3.05, 3.63) is 42.0 Å². The molecule has 92 valence electrons. The molecule has 4 heteroatoms. The van der Waals surface area contributed by atoms with E-state index in [-0.39, 0.29) is 10.7 Å². The molecule has 0 amide bonds. The van der Waals surface area contributed by atoms with Gasteiger partial charge >= 0.3 is 0 Å². The second-order valence-electron chi connectivity index (χ2n) is 4.18. The van der Waals surface area contributed by atoms with Gasteiger partial charge in [-0.2, -0.15) is 0 Å². The minimum Gasteiger partial charge on any atom is -0.294 e. The van der Waals surface area contributed by atoms with Gasteiger partial charge in [0.15, 0.2) is 15.6 Å². The molecule has 1 aromatic rings. The summed E-state index contributed by atoms with van der Waals surface area (Å²) < 4.78 is 22.5. The lowest BCUT2D eigenvalue weighted by molar-refractivity contribution is 0.0982. The third kappa shape index (κ3) is 4.15. The van der Waals surface area contributed by atoms with Crippen LogP contribution in [0.2, 0.25) is 0 Å². The highest BCUT2D eigenvalue weighted by Crippen LogP contribution is 2.13. The van der Waals surface area contributed by atoms with Crippen molar-refractivity contribution in [2.75, 3.05) is 6.26 Å². The van der Waals surface area contributed by atoms with Crippen LogP contribution < -0.4 is 0 Å². The van der Waals surface area contributed by atoms with Crippen LogP contribution in [0.4, 0.5) is 0 Å². The summed E-state index contributed by atoms with van der Waals surface area (Å²) in [6, 6.07) is 6.03. The first-order valence-corrected chi connectivity index (χ1v) is 7.17. The molecule has 1 aromatic carbocycles. The van der Waals surface area contributed by atoms with Crippen molar-refractivity contribution >= 4 is 15.6 Å². The van der Waals surface area contributed by atoms with Crippen molar-refractivity contribution in [2.24, 2.45) is 0 Å². The highest BCUT2D eigenvalue weighted by molar-refractivity contribution is 7.90. The van der Waals surface area contributed by atoms with Gasteiger partial charge in [-0.05, 0) is 25.5 Å². The Labute approximate surface area is 102 Å². The lowest BCUT2D eigenvalue weighted by Gasteiger charge is -2.02. The summed E-state index contributed by atoms with van der Waals surface area (Å²) in [4.78, 5) is 12.0. The van der Waals surface area contributed by atoms with Crippen LogP contribution in [0.3, 0.4) is 0 Å². The van der Waals surface area contributed by atoms with E-state index in [4.69, 9.17) is 0 Å². The van der Waals surface area contributed by atoms with E-state index >= 15 is 0 Å². The van der Waals surface area contributed by atoms with Crippen LogP contribution in [0.1, 0.15) is 30.1 Å². The van der Waals surface area contributed by atoms with Crippen molar-refractivity contribution in [3.63, 3.8) is 0 Å². The van der Waals surface area contributed by atoms with Gasteiger partial charge in [0, 0.05) is 18.2 Å². The number of ketones is 1. The van der Waals surface area contributed by atoms with Gasteiger partial charge < -0.3 is 0 Å². The van der Waals surface area contributed by atoms with Crippen LogP contribution in [0.25, 0.3) is 0 Å². The number of hydrogen-bond acceptors (Lipinski definition) is 3. The summed E-state index contributed by atoms with van der Waals surface area (Å²) in [5, 5.41) is 0. The Kier molecular flexibility index (Phi) is 4.23. The Morgan fingerprint density at radius 1 is 1.18 bits per heavy atom. The second-order valence-corrected chi connectivity index (χ2v) is 6.19. The van der Waals surface area contributed by atoms with Crippen LogP contribution in [-0.4, -0.2) is 20.5 Å². The van der Waals surface area contributed by atoms with Crippen LogP contribution in [0.15, 0.2) is 41.3 Å². The molecule has 1 rings (SSSR count). The number of carbonyl (C=O) groups is 1. The smallest absolute Gasteiger partial charge is 0.175 e. The molecule has 0 aliphatic heterocycles. The third-order valence-electron chi connectivity index (χ3n) is 2.38. The normalized spacial score (nSPS) is 11.2. The number of allylic oxidation sites excluding steroid dienone is 1. The summed E-state index contributed by atoms with van der Waals surface area (Å²) in [6.07, 6.45) is 2.21. The fourth-order valence-electron chi connectivity index (χ4n) is 1.36. The number of carbonyl (C=O) groups excluding carboxylic acids is 1. The zero-order chi connectivity index (χ0) is 13.1. The Hall–Kier alpha value is -1.42. The van der Waals surface area contributed by atoms with Gasteiger partial charge in [0.25, 0.3) is 0 Å². The molecule has 0 radical (unpaired) electrons. The topological polar surface area (TPSA) is 51.2 Å². The van der Waals surface area contributed by atoms with Gasteiger partial charge in [-0.25, -0.2) is 8.42 Å². The van der Waals surface area contributed by atoms with Crippen LogP contribution in [0, 0.1) is 0 Å². The first-order chi connectivity index (χ1) is 7.80. The molecule has 0 bridgehead atoms. The molecule has 0 atom stereocenters. The van der Waals surface area contributed by atoms with Crippen LogP contribution in [-0.2, 0) is 9.84 Å². The van der Waals surface area contributed by atoms with E-state index in [2.05, 4.69) is 6.58 Å². The fraction of sp³-hybridized carbons (Fsp3) is 0.308. The third-order valence-corrected chi connectivity index (χ3v) is 3.51. The molecule has 3 nitrogen and oxygen atoms in total. The SMILES string of the molecule is C=C(C)CCC(=O)c1ccc(S(C)(=O)=O)cc1. The molecule has 0 unspecified atom stereocenters. The lowest BCUT2D eigenvalue weighted by atomic mass is 10.0.